The minimum absolute atomic E-state index is 0.0849. The molecule has 0 aliphatic heterocycles. The first-order valence-corrected chi connectivity index (χ1v) is 4.41. The highest BCUT2D eigenvalue weighted by Gasteiger charge is 2.20. The molecule has 96 valence electrons. The predicted octanol–water partition coefficient (Wildman–Crippen LogP) is -2.99. The van der Waals surface area contributed by atoms with E-state index in [0.29, 0.717) is 0 Å². The van der Waals surface area contributed by atoms with E-state index in [9.17, 15) is 19.2 Å². The summed E-state index contributed by atoms with van der Waals surface area (Å²) in [6.45, 7) is -1.10. The molecule has 0 aliphatic rings. The van der Waals surface area contributed by atoms with Crippen LogP contribution in [-0.2, 0) is 28.7 Å². The van der Waals surface area contributed by atoms with E-state index >= 15 is 0 Å². The number of carboxylic acid groups (broad SMARTS) is 1. The summed E-state index contributed by atoms with van der Waals surface area (Å²) in [7, 11) is 0. The van der Waals surface area contributed by atoms with Crippen LogP contribution in [0.15, 0.2) is 0 Å². The van der Waals surface area contributed by atoms with E-state index < -0.39 is 43.2 Å². The van der Waals surface area contributed by atoms with Crippen molar-refractivity contribution in [3.63, 3.8) is 0 Å². The third-order valence-electron chi connectivity index (χ3n) is 1.53. The van der Waals surface area contributed by atoms with E-state index in [4.69, 9.17) is 16.6 Å². The van der Waals surface area contributed by atoms with Gasteiger partial charge in [0.05, 0.1) is 0 Å². The Hall–Kier alpha value is -2.00. The van der Waals surface area contributed by atoms with Gasteiger partial charge in [0.2, 0.25) is 6.29 Å². The summed E-state index contributed by atoms with van der Waals surface area (Å²) in [6, 6.07) is -2.66. The molecule has 0 bridgehead atoms. The topological polar surface area (TPSA) is 159 Å². The van der Waals surface area contributed by atoms with Gasteiger partial charge in [-0.3, -0.25) is 14.4 Å². The van der Waals surface area contributed by atoms with Crippen molar-refractivity contribution in [3.8, 4) is 0 Å². The van der Waals surface area contributed by atoms with Crippen molar-refractivity contribution in [1.29, 1.82) is 0 Å². The van der Waals surface area contributed by atoms with Crippen molar-refractivity contribution in [2.45, 2.75) is 12.1 Å². The van der Waals surface area contributed by atoms with Gasteiger partial charge in [0.15, 0.2) is 0 Å². The first-order chi connectivity index (χ1) is 7.88. The molecule has 0 heterocycles. The Labute approximate surface area is 95.6 Å². The Morgan fingerprint density at radius 3 is 2.12 bits per heavy atom. The monoisotopic (exact) mass is 248 g/mol. The normalized spacial score (nSPS) is 13.3. The Morgan fingerprint density at radius 2 is 1.65 bits per heavy atom. The summed E-state index contributed by atoms with van der Waals surface area (Å²) in [5.41, 5.74) is 10.3. The number of carbonyl (C=O) groups excluding carboxylic acids is 3. The highest BCUT2D eigenvalue weighted by atomic mass is 16.6. The molecule has 0 aliphatic carbocycles. The Morgan fingerprint density at radius 1 is 1.12 bits per heavy atom. The van der Waals surface area contributed by atoms with Gasteiger partial charge in [-0.05, 0) is 0 Å². The third kappa shape index (κ3) is 6.22. The largest absolute Gasteiger partial charge is 0.480 e. The number of carbonyl (C=O) groups is 4. The van der Waals surface area contributed by atoms with Crippen LogP contribution in [0.2, 0.25) is 0 Å². The maximum absolute atomic E-state index is 11.1. The van der Waals surface area contributed by atoms with Gasteiger partial charge in [0, 0.05) is 0 Å². The zero-order valence-corrected chi connectivity index (χ0v) is 8.70. The Kier molecular flexibility index (Phi) is 6.44. The molecule has 0 aromatic carbocycles. The van der Waals surface area contributed by atoms with E-state index in [-0.39, 0.29) is 6.29 Å². The van der Waals surface area contributed by atoms with Crippen LogP contribution >= 0.6 is 0 Å². The fourth-order valence-electron chi connectivity index (χ4n) is 0.624. The van der Waals surface area contributed by atoms with E-state index in [1.807, 2.05) is 0 Å². The number of hydrogen-bond acceptors (Lipinski definition) is 8. The minimum Gasteiger partial charge on any atom is -0.480 e. The smallest absolute Gasteiger partial charge is 0.371 e. The van der Waals surface area contributed by atoms with Gasteiger partial charge < -0.3 is 26.0 Å². The molecule has 9 nitrogen and oxygen atoms in total. The van der Waals surface area contributed by atoms with Crippen molar-refractivity contribution < 1.29 is 33.8 Å². The second kappa shape index (κ2) is 7.30. The first-order valence-electron chi connectivity index (χ1n) is 4.41. The van der Waals surface area contributed by atoms with Crippen LogP contribution in [-0.4, -0.2) is 54.6 Å². The summed E-state index contributed by atoms with van der Waals surface area (Å²) in [5.74, 6) is -3.49. The fourth-order valence-corrected chi connectivity index (χ4v) is 0.624. The molecule has 0 saturated carbocycles. The zero-order valence-electron chi connectivity index (χ0n) is 8.70. The van der Waals surface area contributed by atoms with Gasteiger partial charge in [-0.2, -0.15) is 0 Å². The minimum atomic E-state index is -1.36. The molecule has 17 heavy (non-hydrogen) atoms. The number of aliphatic carboxylic acids is 1. The fraction of sp³-hybridized carbons (Fsp3) is 0.500. The van der Waals surface area contributed by atoms with E-state index in [2.05, 4.69) is 9.47 Å². The van der Waals surface area contributed by atoms with Crippen molar-refractivity contribution >= 4 is 24.2 Å². The van der Waals surface area contributed by atoms with Crippen molar-refractivity contribution in [3.05, 3.63) is 0 Å². The maximum atomic E-state index is 11.1. The average molecular weight is 248 g/mol. The van der Waals surface area contributed by atoms with Gasteiger partial charge in [0.25, 0.3) is 0 Å². The molecule has 5 N–H and O–H groups in total. The van der Waals surface area contributed by atoms with Crippen LogP contribution in [0.25, 0.3) is 0 Å². The molecular weight excluding hydrogens is 236 g/mol. The lowest BCUT2D eigenvalue weighted by molar-refractivity contribution is -0.154. The lowest BCUT2D eigenvalue weighted by Gasteiger charge is -2.12. The Balaban J connectivity index is 3.93. The van der Waals surface area contributed by atoms with Crippen LogP contribution in [0.3, 0.4) is 0 Å². The molecule has 0 amide bonds. The molecule has 0 fully saturated rings. The lowest BCUT2D eigenvalue weighted by Crippen LogP contribution is -2.41. The van der Waals surface area contributed by atoms with Crippen LogP contribution in [0.5, 0.6) is 0 Å². The molecule has 0 rings (SSSR count). The summed E-state index contributed by atoms with van der Waals surface area (Å²) in [4.78, 5) is 41.6. The average Bonchev–Trinajstić information content (AvgIpc) is 2.31. The summed E-state index contributed by atoms with van der Waals surface area (Å²) in [6.07, 6.45) is -0.0849. The Bertz CT molecular complexity index is 317. The summed E-state index contributed by atoms with van der Waals surface area (Å²) in [5, 5.41) is 8.39. The predicted molar refractivity (Wildman–Crippen MR) is 51.6 cm³/mol. The highest BCUT2D eigenvalue weighted by Crippen LogP contribution is 1.90. The molecule has 0 spiro atoms. The number of nitrogens with two attached hydrogens (primary N) is 2. The second-order valence-corrected chi connectivity index (χ2v) is 2.93. The summed E-state index contributed by atoms with van der Waals surface area (Å²) < 4.78 is 8.69. The van der Waals surface area contributed by atoms with Crippen LogP contribution in [0, 0.1) is 0 Å². The van der Waals surface area contributed by atoms with Gasteiger partial charge in [-0.15, -0.1) is 0 Å². The number of rotatable bonds is 7. The third-order valence-corrected chi connectivity index (χ3v) is 1.53. The number of esters is 2. The molecule has 0 saturated heterocycles. The number of hydrogen-bond donors (Lipinski definition) is 3. The number of ether oxygens (including phenoxy) is 2. The van der Waals surface area contributed by atoms with E-state index in [0.717, 1.165) is 0 Å². The molecule has 0 aromatic rings. The maximum Gasteiger partial charge on any atom is 0.371 e. The molecule has 9 heteroatoms. The van der Waals surface area contributed by atoms with Gasteiger partial charge >= 0.3 is 17.9 Å². The summed E-state index contributed by atoms with van der Waals surface area (Å²) >= 11 is 0. The quantitative estimate of drug-likeness (QED) is 0.242. The van der Waals surface area contributed by atoms with Gasteiger partial charge in [-0.1, -0.05) is 0 Å². The van der Waals surface area contributed by atoms with Crippen LogP contribution < -0.4 is 11.5 Å². The standard InChI is InChI=1S/C8H12N2O7/c9-4(7(13)14)2-17-8(15)5(10)3-16-6(12)1-11/h1,4-5H,2-3,9-10H2,(H,13,14)/t4-,5-/m0/s1. The van der Waals surface area contributed by atoms with Crippen molar-refractivity contribution in [2.75, 3.05) is 13.2 Å². The van der Waals surface area contributed by atoms with Crippen molar-refractivity contribution in [1.82, 2.24) is 0 Å². The lowest BCUT2D eigenvalue weighted by atomic mass is 10.3. The van der Waals surface area contributed by atoms with Gasteiger partial charge in [0.1, 0.15) is 25.3 Å². The van der Waals surface area contributed by atoms with Crippen molar-refractivity contribution in [2.24, 2.45) is 11.5 Å². The number of carboxylic acids is 1. The second-order valence-electron chi connectivity index (χ2n) is 2.93. The van der Waals surface area contributed by atoms with Gasteiger partial charge in [-0.25, -0.2) is 4.79 Å². The van der Waals surface area contributed by atoms with Crippen LogP contribution in [0.1, 0.15) is 0 Å². The van der Waals surface area contributed by atoms with Crippen LogP contribution in [0.4, 0.5) is 0 Å². The SMILES string of the molecule is N[C@@H](COC(=O)[C@@H](N)COC(=O)C=O)C(=O)O. The molecule has 0 aromatic heterocycles. The highest BCUT2D eigenvalue weighted by molar-refractivity contribution is 6.20. The zero-order chi connectivity index (χ0) is 13.4. The molecule has 0 radical (unpaired) electrons. The molecule has 2 atom stereocenters. The molecule has 0 unspecified atom stereocenters. The van der Waals surface area contributed by atoms with E-state index in [1.54, 1.807) is 0 Å². The number of aldehydes is 1. The first kappa shape index (κ1) is 15.0. The molecular formula is C8H12N2O7. The van der Waals surface area contributed by atoms with E-state index in [1.165, 1.54) is 0 Å².